The van der Waals surface area contributed by atoms with Crippen molar-refractivity contribution >= 4 is 17.7 Å². The molecule has 0 unspecified atom stereocenters. The van der Waals surface area contributed by atoms with Gasteiger partial charge in [0.1, 0.15) is 0 Å². The van der Waals surface area contributed by atoms with Gasteiger partial charge in [-0.05, 0) is 19.1 Å². The van der Waals surface area contributed by atoms with Crippen LogP contribution in [-0.4, -0.2) is 5.91 Å². The summed E-state index contributed by atoms with van der Waals surface area (Å²) in [4.78, 5) is 12.0. The normalized spacial score (nSPS) is 9.62. The van der Waals surface area contributed by atoms with Crippen LogP contribution in [0.2, 0.25) is 0 Å². The molecule has 1 amide bonds. The van der Waals surface area contributed by atoms with Gasteiger partial charge in [0.05, 0.1) is 4.91 Å². The molecule has 13 heavy (non-hydrogen) atoms. The van der Waals surface area contributed by atoms with Crippen molar-refractivity contribution < 1.29 is 4.79 Å². The molecule has 0 saturated heterocycles. The largest absolute Gasteiger partial charge is 0.365 e. The number of benzene rings is 1. The van der Waals surface area contributed by atoms with Gasteiger partial charge >= 0.3 is 0 Å². The molecule has 0 fully saturated rings. The molecule has 3 heteroatoms. The van der Waals surface area contributed by atoms with E-state index in [1.54, 1.807) is 0 Å². The fourth-order valence-electron chi connectivity index (χ4n) is 0.871. The van der Waals surface area contributed by atoms with Gasteiger partial charge in [-0.2, -0.15) is 0 Å². The molecule has 0 aliphatic heterocycles. The zero-order chi connectivity index (χ0) is 9.84. The van der Waals surface area contributed by atoms with Crippen molar-refractivity contribution in [2.24, 2.45) is 5.73 Å². The highest BCUT2D eigenvalue weighted by molar-refractivity contribution is 8.04. The van der Waals surface area contributed by atoms with Gasteiger partial charge in [-0.25, -0.2) is 0 Å². The summed E-state index contributed by atoms with van der Waals surface area (Å²) < 4.78 is 0. The Morgan fingerprint density at radius 3 is 2.77 bits per heavy atom. The van der Waals surface area contributed by atoms with Crippen molar-refractivity contribution in [1.29, 1.82) is 0 Å². The SMILES string of the molecule is C=C(Sc1cccc(C)c1)C(N)=O. The standard InChI is InChI=1S/C10H11NOS/c1-7-4-3-5-9(6-7)13-8(2)10(11)12/h3-6H,2H2,1H3,(H2,11,12). The highest BCUT2D eigenvalue weighted by Crippen LogP contribution is 2.25. The number of primary amides is 1. The van der Waals surface area contributed by atoms with E-state index in [2.05, 4.69) is 6.58 Å². The van der Waals surface area contributed by atoms with E-state index in [1.807, 2.05) is 31.2 Å². The molecule has 68 valence electrons. The quantitative estimate of drug-likeness (QED) is 0.590. The first-order valence-corrected chi connectivity index (χ1v) is 4.64. The van der Waals surface area contributed by atoms with Crippen LogP contribution in [0.3, 0.4) is 0 Å². The lowest BCUT2D eigenvalue weighted by Gasteiger charge is -2.01. The number of aryl methyl sites for hydroxylation is 1. The monoisotopic (exact) mass is 193 g/mol. The number of carbonyl (C=O) groups excluding carboxylic acids is 1. The summed E-state index contributed by atoms with van der Waals surface area (Å²) in [6.07, 6.45) is 0. The summed E-state index contributed by atoms with van der Waals surface area (Å²) in [6.45, 7) is 5.56. The predicted molar refractivity (Wildman–Crippen MR) is 55.4 cm³/mol. The zero-order valence-corrected chi connectivity index (χ0v) is 8.23. The Morgan fingerprint density at radius 2 is 2.23 bits per heavy atom. The van der Waals surface area contributed by atoms with E-state index >= 15 is 0 Å². The van der Waals surface area contributed by atoms with Crippen molar-refractivity contribution in [2.75, 3.05) is 0 Å². The first-order valence-electron chi connectivity index (χ1n) is 3.83. The van der Waals surface area contributed by atoms with Gasteiger partial charge < -0.3 is 5.73 Å². The fraction of sp³-hybridized carbons (Fsp3) is 0.100. The number of hydrogen-bond donors (Lipinski definition) is 1. The second kappa shape index (κ2) is 4.14. The Kier molecular flexibility index (Phi) is 3.14. The maximum Gasteiger partial charge on any atom is 0.254 e. The van der Waals surface area contributed by atoms with E-state index in [-0.39, 0.29) is 0 Å². The fourth-order valence-corrected chi connectivity index (χ4v) is 1.65. The highest BCUT2D eigenvalue weighted by atomic mass is 32.2. The Hall–Kier alpha value is -1.22. The number of amides is 1. The van der Waals surface area contributed by atoms with E-state index in [9.17, 15) is 4.79 Å². The van der Waals surface area contributed by atoms with Crippen LogP contribution in [0.5, 0.6) is 0 Å². The molecule has 0 heterocycles. The molecule has 2 N–H and O–H groups in total. The van der Waals surface area contributed by atoms with E-state index in [1.165, 1.54) is 11.8 Å². The lowest BCUT2D eigenvalue weighted by atomic mass is 10.2. The van der Waals surface area contributed by atoms with Gasteiger partial charge in [-0.3, -0.25) is 4.79 Å². The molecule has 2 nitrogen and oxygen atoms in total. The summed E-state index contributed by atoms with van der Waals surface area (Å²) >= 11 is 1.30. The number of rotatable bonds is 3. The summed E-state index contributed by atoms with van der Waals surface area (Å²) in [5.74, 6) is -0.466. The minimum Gasteiger partial charge on any atom is -0.365 e. The molecular weight excluding hydrogens is 182 g/mol. The molecule has 0 aliphatic rings. The molecule has 1 aromatic carbocycles. The topological polar surface area (TPSA) is 43.1 Å². The molecule has 1 rings (SSSR count). The Balaban J connectivity index is 2.75. The van der Waals surface area contributed by atoms with Gasteiger partial charge in [0.2, 0.25) is 0 Å². The van der Waals surface area contributed by atoms with Crippen LogP contribution in [-0.2, 0) is 4.79 Å². The Labute approximate surface area is 81.8 Å². The zero-order valence-electron chi connectivity index (χ0n) is 7.41. The first kappa shape index (κ1) is 9.86. The molecule has 0 spiro atoms. The number of nitrogens with two attached hydrogens (primary N) is 1. The molecule has 0 bridgehead atoms. The van der Waals surface area contributed by atoms with E-state index in [4.69, 9.17) is 5.73 Å². The van der Waals surface area contributed by atoms with Gasteiger partial charge in [0.15, 0.2) is 0 Å². The second-order valence-corrected chi connectivity index (χ2v) is 3.87. The van der Waals surface area contributed by atoms with Crippen LogP contribution < -0.4 is 5.73 Å². The van der Waals surface area contributed by atoms with Crippen LogP contribution in [0.1, 0.15) is 5.56 Å². The first-order chi connectivity index (χ1) is 6.09. The van der Waals surface area contributed by atoms with E-state index in [0.717, 1.165) is 10.5 Å². The van der Waals surface area contributed by atoms with Crippen LogP contribution in [0.25, 0.3) is 0 Å². The van der Waals surface area contributed by atoms with Crippen molar-refractivity contribution in [3.63, 3.8) is 0 Å². The van der Waals surface area contributed by atoms with Crippen molar-refractivity contribution in [1.82, 2.24) is 0 Å². The maximum absolute atomic E-state index is 10.7. The van der Waals surface area contributed by atoms with Crippen LogP contribution >= 0.6 is 11.8 Å². The summed E-state index contributed by atoms with van der Waals surface area (Å²) in [5.41, 5.74) is 6.22. The molecule has 0 aromatic heterocycles. The van der Waals surface area contributed by atoms with Gasteiger partial charge in [0.25, 0.3) is 5.91 Å². The number of hydrogen-bond acceptors (Lipinski definition) is 2. The maximum atomic E-state index is 10.7. The van der Waals surface area contributed by atoms with Gasteiger partial charge in [-0.15, -0.1) is 0 Å². The lowest BCUT2D eigenvalue weighted by Crippen LogP contribution is -2.10. The molecule has 0 radical (unpaired) electrons. The smallest absolute Gasteiger partial charge is 0.254 e. The van der Waals surface area contributed by atoms with Gasteiger partial charge in [-0.1, -0.05) is 36.0 Å². The lowest BCUT2D eigenvalue weighted by molar-refractivity contribution is -0.113. The minimum atomic E-state index is -0.466. The van der Waals surface area contributed by atoms with Crippen LogP contribution in [0.4, 0.5) is 0 Å². The average molecular weight is 193 g/mol. The highest BCUT2D eigenvalue weighted by Gasteiger charge is 2.03. The van der Waals surface area contributed by atoms with E-state index in [0.29, 0.717) is 4.91 Å². The molecule has 0 atom stereocenters. The average Bonchev–Trinajstić information content (AvgIpc) is 2.04. The molecule has 0 aliphatic carbocycles. The van der Waals surface area contributed by atoms with Crippen molar-refractivity contribution in [3.05, 3.63) is 41.3 Å². The third-order valence-electron chi connectivity index (χ3n) is 1.51. The Morgan fingerprint density at radius 1 is 1.54 bits per heavy atom. The molecular formula is C10H11NOS. The number of carbonyl (C=O) groups is 1. The van der Waals surface area contributed by atoms with Crippen LogP contribution in [0, 0.1) is 6.92 Å². The van der Waals surface area contributed by atoms with Crippen molar-refractivity contribution in [2.45, 2.75) is 11.8 Å². The third-order valence-corrected chi connectivity index (χ3v) is 2.44. The summed E-state index contributed by atoms with van der Waals surface area (Å²) in [7, 11) is 0. The molecule has 1 aromatic rings. The number of thioether (sulfide) groups is 1. The Bertz CT molecular complexity index is 347. The minimum absolute atomic E-state index is 0.366. The van der Waals surface area contributed by atoms with E-state index < -0.39 is 5.91 Å². The predicted octanol–water partition coefficient (Wildman–Crippen LogP) is 2.09. The summed E-state index contributed by atoms with van der Waals surface area (Å²) in [5, 5.41) is 0. The molecule has 0 saturated carbocycles. The third kappa shape index (κ3) is 2.95. The second-order valence-electron chi connectivity index (χ2n) is 2.71. The van der Waals surface area contributed by atoms with Gasteiger partial charge in [0, 0.05) is 4.90 Å². The van der Waals surface area contributed by atoms with Crippen molar-refractivity contribution in [3.8, 4) is 0 Å². The summed E-state index contributed by atoms with van der Waals surface area (Å²) in [6, 6.07) is 7.84. The van der Waals surface area contributed by atoms with Crippen LogP contribution in [0.15, 0.2) is 40.6 Å².